The van der Waals surface area contributed by atoms with Crippen LogP contribution in [-0.4, -0.2) is 73.4 Å². The van der Waals surface area contributed by atoms with Gasteiger partial charge in [-0.3, -0.25) is 5.32 Å². The molecule has 2 aromatic heterocycles. The number of rotatable bonds is 3. The maximum Gasteiger partial charge on any atom is 0.322 e. The SMILES string of the molecule is O=C(Nc1cccs1)N1CCN(c2ccnc(N3CCOCC3)n2)CC1. The van der Waals surface area contributed by atoms with E-state index in [1.165, 1.54) is 11.3 Å². The summed E-state index contributed by atoms with van der Waals surface area (Å²) in [5.74, 6) is 1.67. The van der Waals surface area contributed by atoms with Gasteiger partial charge in [-0.05, 0) is 23.6 Å². The quantitative estimate of drug-likeness (QED) is 0.882. The standard InChI is InChI=1S/C17H22N6O2S/c24-17(20-15-2-1-13-26-15)23-7-5-21(6-8-23)14-3-4-18-16(19-14)22-9-11-25-12-10-22/h1-4,13H,5-12H2,(H,20,24). The van der Waals surface area contributed by atoms with E-state index < -0.39 is 0 Å². The Kier molecular flexibility index (Phi) is 5.16. The zero-order chi connectivity index (χ0) is 17.8. The van der Waals surface area contributed by atoms with Gasteiger partial charge in [-0.15, -0.1) is 11.3 Å². The molecule has 2 aliphatic rings. The second-order valence-corrected chi connectivity index (χ2v) is 7.14. The molecular weight excluding hydrogens is 352 g/mol. The van der Waals surface area contributed by atoms with Crippen molar-refractivity contribution >= 4 is 34.1 Å². The minimum Gasteiger partial charge on any atom is -0.378 e. The first-order chi connectivity index (χ1) is 12.8. The van der Waals surface area contributed by atoms with E-state index >= 15 is 0 Å². The van der Waals surface area contributed by atoms with Crippen LogP contribution in [0.25, 0.3) is 0 Å². The highest BCUT2D eigenvalue weighted by Gasteiger charge is 2.23. The summed E-state index contributed by atoms with van der Waals surface area (Å²) in [5, 5.41) is 5.77. The third kappa shape index (κ3) is 3.88. The highest BCUT2D eigenvalue weighted by atomic mass is 32.1. The Morgan fingerprint density at radius 3 is 2.62 bits per heavy atom. The summed E-state index contributed by atoms with van der Waals surface area (Å²) < 4.78 is 5.39. The fourth-order valence-corrected chi connectivity index (χ4v) is 3.71. The Balaban J connectivity index is 1.35. The molecule has 0 radical (unpaired) electrons. The minimum atomic E-state index is -0.0382. The van der Waals surface area contributed by atoms with Crippen molar-refractivity contribution in [2.75, 3.05) is 67.6 Å². The number of piperazine rings is 1. The number of nitrogens with zero attached hydrogens (tertiary/aromatic N) is 5. The summed E-state index contributed by atoms with van der Waals surface area (Å²) in [6, 6.07) is 5.74. The number of ether oxygens (including phenoxy) is 1. The summed E-state index contributed by atoms with van der Waals surface area (Å²) >= 11 is 1.53. The average Bonchev–Trinajstić information content (AvgIpc) is 3.22. The van der Waals surface area contributed by atoms with Gasteiger partial charge in [0.05, 0.1) is 18.2 Å². The Labute approximate surface area is 156 Å². The predicted molar refractivity (Wildman–Crippen MR) is 102 cm³/mol. The molecule has 0 spiro atoms. The van der Waals surface area contributed by atoms with Gasteiger partial charge >= 0.3 is 6.03 Å². The van der Waals surface area contributed by atoms with E-state index in [1.54, 1.807) is 0 Å². The number of carbonyl (C=O) groups excluding carboxylic acids is 1. The number of thiophene rings is 1. The monoisotopic (exact) mass is 374 g/mol. The molecule has 9 heteroatoms. The highest BCUT2D eigenvalue weighted by molar-refractivity contribution is 7.14. The molecule has 0 unspecified atom stereocenters. The first kappa shape index (κ1) is 17.0. The van der Waals surface area contributed by atoms with Crippen LogP contribution in [0.5, 0.6) is 0 Å². The number of urea groups is 1. The predicted octanol–water partition coefficient (Wildman–Crippen LogP) is 1.73. The van der Waals surface area contributed by atoms with Crippen molar-refractivity contribution in [1.29, 1.82) is 0 Å². The Bertz CT molecular complexity index is 727. The number of morpholine rings is 1. The molecule has 0 saturated carbocycles. The first-order valence-electron chi connectivity index (χ1n) is 8.80. The minimum absolute atomic E-state index is 0.0382. The van der Waals surface area contributed by atoms with Gasteiger partial charge in [-0.1, -0.05) is 0 Å². The molecule has 2 amide bonds. The smallest absolute Gasteiger partial charge is 0.322 e. The molecule has 4 heterocycles. The van der Waals surface area contributed by atoms with Crippen molar-refractivity contribution in [3.63, 3.8) is 0 Å². The van der Waals surface area contributed by atoms with Crippen molar-refractivity contribution in [2.24, 2.45) is 0 Å². The van der Waals surface area contributed by atoms with Crippen molar-refractivity contribution in [1.82, 2.24) is 14.9 Å². The van der Waals surface area contributed by atoms with E-state index in [9.17, 15) is 4.79 Å². The summed E-state index contributed by atoms with van der Waals surface area (Å²) in [6.45, 7) is 5.94. The van der Waals surface area contributed by atoms with Crippen LogP contribution in [0.3, 0.4) is 0 Å². The zero-order valence-electron chi connectivity index (χ0n) is 14.5. The van der Waals surface area contributed by atoms with E-state index in [1.807, 2.05) is 34.7 Å². The topological polar surface area (TPSA) is 73.8 Å². The first-order valence-corrected chi connectivity index (χ1v) is 9.68. The molecule has 0 atom stereocenters. The molecule has 26 heavy (non-hydrogen) atoms. The molecule has 2 aromatic rings. The van der Waals surface area contributed by atoms with Gasteiger partial charge in [0.25, 0.3) is 0 Å². The van der Waals surface area contributed by atoms with Crippen molar-refractivity contribution in [2.45, 2.75) is 0 Å². The number of nitrogens with one attached hydrogen (secondary N) is 1. The van der Waals surface area contributed by atoms with E-state index in [2.05, 4.69) is 20.1 Å². The lowest BCUT2D eigenvalue weighted by Crippen LogP contribution is -2.50. The lowest BCUT2D eigenvalue weighted by molar-refractivity contribution is 0.122. The van der Waals surface area contributed by atoms with Gasteiger partial charge < -0.3 is 19.4 Å². The molecule has 138 valence electrons. The second kappa shape index (κ2) is 7.88. The lowest BCUT2D eigenvalue weighted by Gasteiger charge is -2.35. The Morgan fingerprint density at radius 2 is 1.88 bits per heavy atom. The van der Waals surface area contributed by atoms with Crippen LogP contribution in [0.2, 0.25) is 0 Å². The lowest BCUT2D eigenvalue weighted by atomic mass is 10.3. The Morgan fingerprint density at radius 1 is 1.08 bits per heavy atom. The van der Waals surface area contributed by atoms with Crippen LogP contribution < -0.4 is 15.1 Å². The number of carbonyl (C=O) groups is 1. The van der Waals surface area contributed by atoms with Gasteiger partial charge in [0.1, 0.15) is 5.82 Å². The van der Waals surface area contributed by atoms with Gasteiger partial charge in [0.15, 0.2) is 0 Å². The molecule has 4 rings (SSSR count). The molecule has 2 saturated heterocycles. The van der Waals surface area contributed by atoms with Gasteiger partial charge in [-0.25, -0.2) is 9.78 Å². The maximum atomic E-state index is 12.3. The average molecular weight is 374 g/mol. The zero-order valence-corrected chi connectivity index (χ0v) is 15.3. The number of anilines is 3. The summed E-state index contributed by atoms with van der Waals surface area (Å²) in [7, 11) is 0. The van der Waals surface area contributed by atoms with Crippen LogP contribution in [-0.2, 0) is 4.74 Å². The molecule has 0 bridgehead atoms. The fraction of sp³-hybridized carbons (Fsp3) is 0.471. The highest BCUT2D eigenvalue weighted by Crippen LogP contribution is 2.19. The van der Waals surface area contributed by atoms with E-state index in [-0.39, 0.29) is 6.03 Å². The van der Waals surface area contributed by atoms with Crippen LogP contribution in [0.4, 0.5) is 21.6 Å². The van der Waals surface area contributed by atoms with Crippen LogP contribution in [0, 0.1) is 0 Å². The number of hydrogen-bond acceptors (Lipinski definition) is 7. The third-order valence-electron chi connectivity index (χ3n) is 4.56. The summed E-state index contributed by atoms with van der Waals surface area (Å²) in [5.41, 5.74) is 0. The van der Waals surface area contributed by atoms with Crippen molar-refractivity contribution in [3.8, 4) is 0 Å². The molecule has 0 aromatic carbocycles. The molecule has 1 N–H and O–H groups in total. The van der Waals surface area contributed by atoms with E-state index in [4.69, 9.17) is 9.72 Å². The van der Waals surface area contributed by atoms with E-state index in [0.29, 0.717) is 26.3 Å². The maximum absolute atomic E-state index is 12.3. The number of hydrogen-bond donors (Lipinski definition) is 1. The fourth-order valence-electron chi connectivity index (χ4n) is 3.10. The second-order valence-electron chi connectivity index (χ2n) is 6.20. The van der Waals surface area contributed by atoms with Gasteiger partial charge in [0.2, 0.25) is 5.95 Å². The largest absolute Gasteiger partial charge is 0.378 e. The molecular formula is C17H22N6O2S. The normalized spacial score (nSPS) is 18.1. The Hall–Kier alpha value is -2.39. The van der Waals surface area contributed by atoms with Gasteiger partial charge in [0, 0.05) is 45.5 Å². The molecule has 2 aliphatic heterocycles. The van der Waals surface area contributed by atoms with E-state index in [0.717, 1.165) is 42.9 Å². The number of aromatic nitrogens is 2. The van der Waals surface area contributed by atoms with Crippen LogP contribution in [0.1, 0.15) is 0 Å². The summed E-state index contributed by atoms with van der Waals surface area (Å²) in [6.07, 6.45) is 1.81. The van der Waals surface area contributed by atoms with Gasteiger partial charge in [-0.2, -0.15) is 4.98 Å². The number of amides is 2. The van der Waals surface area contributed by atoms with Crippen molar-refractivity contribution < 1.29 is 9.53 Å². The van der Waals surface area contributed by atoms with Crippen LogP contribution >= 0.6 is 11.3 Å². The summed E-state index contributed by atoms with van der Waals surface area (Å²) in [4.78, 5) is 27.7. The van der Waals surface area contributed by atoms with Crippen LogP contribution in [0.15, 0.2) is 29.8 Å². The molecule has 8 nitrogen and oxygen atoms in total. The van der Waals surface area contributed by atoms with Crippen molar-refractivity contribution in [3.05, 3.63) is 29.8 Å². The molecule has 0 aliphatic carbocycles. The molecule has 2 fully saturated rings. The third-order valence-corrected chi connectivity index (χ3v) is 5.35.